The molecule has 1 atom stereocenters. The average molecular weight is 378 g/mol. The molecule has 2 aliphatic rings. The molecule has 1 aromatic carbocycles. The van der Waals surface area contributed by atoms with E-state index < -0.39 is 0 Å². The summed E-state index contributed by atoms with van der Waals surface area (Å²) in [5, 5.41) is 2.80. The van der Waals surface area contributed by atoms with Crippen LogP contribution in [0.1, 0.15) is 18.9 Å². The lowest BCUT2D eigenvalue weighted by atomic mass is 10.2. The summed E-state index contributed by atoms with van der Waals surface area (Å²) in [4.78, 5) is 20.4. The molecule has 0 bridgehead atoms. The molecule has 2 aromatic rings. The lowest BCUT2D eigenvalue weighted by Gasteiger charge is -2.21. The van der Waals surface area contributed by atoms with Crippen LogP contribution in [0.4, 0.5) is 11.6 Å². The maximum Gasteiger partial charge on any atom is 0.217 e. The SMILES string of the molecule is CC(=O)NCc1ccc(OC2CCN(c3cccc(N4CC=CC4)n3)C2)cc1. The highest BCUT2D eigenvalue weighted by molar-refractivity contribution is 5.72. The van der Waals surface area contributed by atoms with Crippen molar-refractivity contribution in [3.8, 4) is 5.75 Å². The molecule has 146 valence electrons. The normalized spacial score (nSPS) is 18.5. The average Bonchev–Trinajstić information content (AvgIpc) is 3.40. The molecule has 4 rings (SSSR count). The van der Waals surface area contributed by atoms with E-state index in [1.54, 1.807) is 0 Å². The van der Waals surface area contributed by atoms with Gasteiger partial charge in [-0.3, -0.25) is 4.79 Å². The Kier molecular flexibility index (Phi) is 5.46. The predicted molar refractivity (Wildman–Crippen MR) is 111 cm³/mol. The highest BCUT2D eigenvalue weighted by Gasteiger charge is 2.25. The molecule has 0 saturated carbocycles. The molecular formula is C22H26N4O2. The smallest absolute Gasteiger partial charge is 0.217 e. The topological polar surface area (TPSA) is 57.7 Å². The van der Waals surface area contributed by atoms with E-state index in [0.29, 0.717) is 6.54 Å². The third-order valence-corrected chi connectivity index (χ3v) is 5.10. The summed E-state index contributed by atoms with van der Waals surface area (Å²) in [7, 11) is 0. The van der Waals surface area contributed by atoms with E-state index in [-0.39, 0.29) is 12.0 Å². The number of rotatable bonds is 6. The standard InChI is InChI=1S/C22H26N4O2/c1-17(27)23-15-18-7-9-19(10-8-18)28-20-11-14-26(16-20)22-6-4-5-21(24-22)25-12-2-3-13-25/h2-10,20H,11-16H2,1H3,(H,23,27). The molecule has 6 nitrogen and oxygen atoms in total. The zero-order valence-corrected chi connectivity index (χ0v) is 16.2. The van der Waals surface area contributed by atoms with Gasteiger partial charge in [-0.25, -0.2) is 4.98 Å². The van der Waals surface area contributed by atoms with Gasteiger partial charge < -0.3 is 19.9 Å². The monoisotopic (exact) mass is 378 g/mol. The number of pyridine rings is 1. The van der Waals surface area contributed by atoms with Crippen molar-refractivity contribution in [2.45, 2.75) is 26.0 Å². The zero-order valence-electron chi connectivity index (χ0n) is 16.2. The van der Waals surface area contributed by atoms with E-state index in [0.717, 1.165) is 55.5 Å². The molecule has 0 spiro atoms. The van der Waals surface area contributed by atoms with Gasteiger partial charge in [0.1, 0.15) is 23.5 Å². The van der Waals surface area contributed by atoms with Crippen molar-refractivity contribution >= 4 is 17.5 Å². The number of hydrogen-bond donors (Lipinski definition) is 1. The maximum absolute atomic E-state index is 11.0. The van der Waals surface area contributed by atoms with Crippen molar-refractivity contribution in [1.82, 2.24) is 10.3 Å². The van der Waals surface area contributed by atoms with Gasteiger partial charge in [0, 0.05) is 39.5 Å². The zero-order chi connectivity index (χ0) is 19.3. The highest BCUT2D eigenvalue weighted by atomic mass is 16.5. The summed E-state index contributed by atoms with van der Waals surface area (Å²) in [6, 6.07) is 14.2. The molecule has 2 aliphatic heterocycles. The van der Waals surface area contributed by atoms with Crippen molar-refractivity contribution in [3.05, 3.63) is 60.2 Å². The van der Waals surface area contributed by atoms with Crippen LogP contribution in [-0.2, 0) is 11.3 Å². The summed E-state index contributed by atoms with van der Waals surface area (Å²) in [5.41, 5.74) is 1.06. The van der Waals surface area contributed by atoms with Crippen molar-refractivity contribution in [2.24, 2.45) is 0 Å². The number of hydrogen-bond acceptors (Lipinski definition) is 5. The van der Waals surface area contributed by atoms with Crippen LogP contribution in [0.25, 0.3) is 0 Å². The Morgan fingerprint density at radius 1 is 1.11 bits per heavy atom. The first-order valence-corrected chi connectivity index (χ1v) is 9.79. The number of carbonyl (C=O) groups is 1. The maximum atomic E-state index is 11.0. The largest absolute Gasteiger partial charge is 0.489 e. The first-order chi connectivity index (χ1) is 13.7. The third kappa shape index (κ3) is 4.44. The molecule has 1 N–H and O–H groups in total. The van der Waals surface area contributed by atoms with Gasteiger partial charge in [-0.2, -0.15) is 0 Å². The molecule has 1 amide bonds. The number of nitrogens with one attached hydrogen (secondary N) is 1. The molecule has 6 heteroatoms. The van der Waals surface area contributed by atoms with Gasteiger partial charge in [0.25, 0.3) is 0 Å². The molecule has 0 aliphatic carbocycles. The van der Waals surface area contributed by atoms with Crippen LogP contribution in [0.15, 0.2) is 54.6 Å². The first kappa shape index (κ1) is 18.3. The van der Waals surface area contributed by atoms with Crippen molar-refractivity contribution in [3.63, 3.8) is 0 Å². The van der Waals surface area contributed by atoms with Crippen LogP contribution in [0.5, 0.6) is 5.75 Å². The summed E-state index contributed by atoms with van der Waals surface area (Å²) >= 11 is 0. The second kappa shape index (κ2) is 8.33. The summed E-state index contributed by atoms with van der Waals surface area (Å²) < 4.78 is 6.16. The van der Waals surface area contributed by atoms with Gasteiger partial charge in [-0.05, 0) is 29.8 Å². The molecule has 1 aromatic heterocycles. The minimum absolute atomic E-state index is 0.0231. The Morgan fingerprint density at radius 2 is 1.82 bits per heavy atom. The number of nitrogens with zero attached hydrogens (tertiary/aromatic N) is 3. The Bertz CT molecular complexity index is 842. The van der Waals surface area contributed by atoms with E-state index in [1.807, 2.05) is 24.3 Å². The van der Waals surface area contributed by atoms with Gasteiger partial charge in [-0.1, -0.05) is 30.4 Å². The quantitative estimate of drug-likeness (QED) is 0.784. The number of amides is 1. The minimum atomic E-state index is -0.0231. The summed E-state index contributed by atoms with van der Waals surface area (Å²) in [6.07, 6.45) is 5.48. The predicted octanol–water partition coefficient (Wildman–Crippen LogP) is 2.75. The highest BCUT2D eigenvalue weighted by Crippen LogP contribution is 2.25. The van der Waals surface area contributed by atoms with Crippen LogP contribution in [0.3, 0.4) is 0 Å². The van der Waals surface area contributed by atoms with Gasteiger partial charge in [0.05, 0.1) is 6.54 Å². The fraction of sp³-hybridized carbons (Fsp3) is 0.364. The lowest BCUT2D eigenvalue weighted by Crippen LogP contribution is -2.26. The van der Waals surface area contributed by atoms with E-state index in [1.165, 1.54) is 6.92 Å². The number of carbonyl (C=O) groups excluding carboxylic acids is 1. The van der Waals surface area contributed by atoms with Gasteiger partial charge in [0.2, 0.25) is 5.91 Å². The van der Waals surface area contributed by atoms with E-state index in [9.17, 15) is 4.79 Å². The van der Waals surface area contributed by atoms with Gasteiger partial charge in [0.15, 0.2) is 0 Å². The number of anilines is 2. The van der Waals surface area contributed by atoms with Crippen LogP contribution < -0.4 is 19.9 Å². The minimum Gasteiger partial charge on any atom is -0.489 e. The first-order valence-electron chi connectivity index (χ1n) is 9.79. The Balaban J connectivity index is 1.33. The second-order valence-electron chi connectivity index (χ2n) is 7.26. The van der Waals surface area contributed by atoms with E-state index >= 15 is 0 Å². The van der Waals surface area contributed by atoms with Gasteiger partial charge in [-0.15, -0.1) is 0 Å². The summed E-state index contributed by atoms with van der Waals surface area (Å²) in [6.45, 7) is 5.71. The van der Waals surface area contributed by atoms with Crippen molar-refractivity contribution < 1.29 is 9.53 Å². The van der Waals surface area contributed by atoms with Gasteiger partial charge >= 0.3 is 0 Å². The second-order valence-corrected chi connectivity index (χ2v) is 7.26. The number of aromatic nitrogens is 1. The Morgan fingerprint density at radius 3 is 2.54 bits per heavy atom. The van der Waals surface area contributed by atoms with E-state index in [4.69, 9.17) is 9.72 Å². The molecule has 1 saturated heterocycles. The fourth-order valence-electron chi connectivity index (χ4n) is 3.57. The van der Waals surface area contributed by atoms with E-state index in [2.05, 4.69) is 45.5 Å². The fourth-order valence-corrected chi connectivity index (χ4v) is 3.57. The molecule has 1 unspecified atom stereocenters. The van der Waals surface area contributed by atoms with Crippen LogP contribution >= 0.6 is 0 Å². The van der Waals surface area contributed by atoms with Crippen LogP contribution in [0.2, 0.25) is 0 Å². The summed E-state index contributed by atoms with van der Waals surface area (Å²) in [5.74, 6) is 2.89. The molecule has 0 radical (unpaired) electrons. The molecule has 1 fully saturated rings. The van der Waals surface area contributed by atoms with Crippen LogP contribution in [0, 0.1) is 0 Å². The number of ether oxygens (including phenoxy) is 1. The van der Waals surface area contributed by atoms with Crippen LogP contribution in [-0.4, -0.2) is 43.2 Å². The third-order valence-electron chi connectivity index (χ3n) is 5.10. The molecular weight excluding hydrogens is 352 g/mol. The Labute approximate surface area is 165 Å². The van der Waals surface area contributed by atoms with Crippen molar-refractivity contribution in [2.75, 3.05) is 36.0 Å². The Hall–Kier alpha value is -3.02. The number of benzene rings is 1. The molecule has 3 heterocycles. The lowest BCUT2D eigenvalue weighted by molar-refractivity contribution is -0.119. The molecule has 28 heavy (non-hydrogen) atoms. The van der Waals surface area contributed by atoms with Crippen molar-refractivity contribution in [1.29, 1.82) is 0 Å².